The highest BCUT2D eigenvalue weighted by atomic mass is 35.5. The minimum atomic E-state index is -0.416. The van der Waals surface area contributed by atoms with Gasteiger partial charge in [0.05, 0.1) is 10.6 Å². The lowest BCUT2D eigenvalue weighted by Gasteiger charge is -2.34. The van der Waals surface area contributed by atoms with Gasteiger partial charge < -0.3 is 10.2 Å². The van der Waals surface area contributed by atoms with Crippen LogP contribution in [0.5, 0.6) is 0 Å². The number of rotatable bonds is 3. The molecule has 6 nitrogen and oxygen atoms in total. The van der Waals surface area contributed by atoms with E-state index in [-0.39, 0.29) is 29.9 Å². The lowest BCUT2D eigenvalue weighted by Crippen LogP contribution is -2.50. The molecule has 114 valence electrons. The highest BCUT2D eigenvalue weighted by Crippen LogP contribution is 2.33. The smallest absolute Gasteiger partial charge is 0.271 e. The van der Waals surface area contributed by atoms with E-state index in [0.717, 1.165) is 25.1 Å². The minimum Gasteiger partial charge on any atom is -0.316 e. The predicted molar refractivity (Wildman–Crippen MR) is 81.9 cm³/mol. The third-order valence-electron chi connectivity index (χ3n) is 4.35. The fourth-order valence-electron chi connectivity index (χ4n) is 2.82. The summed E-state index contributed by atoms with van der Waals surface area (Å²) >= 11 is 0. The van der Waals surface area contributed by atoms with Crippen molar-refractivity contribution in [2.24, 2.45) is 11.8 Å². The normalized spacial score (nSPS) is 18.4. The lowest BCUT2D eigenvalue weighted by molar-refractivity contribution is -0.384. The van der Waals surface area contributed by atoms with Gasteiger partial charge in [0.15, 0.2) is 0 Å². The molecule has 1 fully saturated rings. The van der Waals surface area contributed by atoms with Crippen molar-refractivity contribution >= 4 is 29.7 Å². The number of non-ortho nitro benzene ring substituents is 1. The van der Waals surface area contributed by atoms with Crippen LogP contribution in [-0.4, -0.2) is 30.5 Å². The number of carbonyl (C=O) groups excluding carboxylic acids is 1. The second kappa shape index (κ2) is 5.99. The number of halogens is 1. The first-order valence-corrected chi connectivity index (χ1v) is 6.87. The Labute approximate surface area is 129 Å². The Morgan fingerprint density at radius 2 is 2.19 bits per heavy atom. The second-order valence-corrected chi connectivity index (χ2v) is 5.52. The van der Waals surface area contributed by atoms with Crippen LogP contribution in [-0.2, 0) is 11.2 Å². The number of benzene rings is 1. The Kier molecular flexibility index (Phi) is 4.49. The number of nitro groups is 1. The molecule has 0 radical (unpaired) electrons. The molecule has 0 spiro atoms. The molecule has 2 aliphatic rings. The van der Waals surface area contributed by atoms with Gasteiger partial charge in [0, 0.05) is 24.6 Å². The van der Waals surface area contributed by atoms with Crippen molar-refractivity contribution in [3.63, 3.8) is 0 Å². The molecule has 0 saturated carbocycles. The molecule has 2 heterocycles. The molecule has 1 unspecified atom stereocenters. The van der Waals surface area contributed by atoms with Crippen molar-refractivity contribution in [2.75, 3.05) is 24.5 Å². The van der Waals surface area contributed by atoms with Crippen LogP contribution < -0.4 is 10.2 Å². The average molecular weight is 312 g/mol. The molecular formula is C14H18ClN3O3. The Morgan fingerprint density at radius 3 is 2.76 bits per heavy atom. The van der Waals surface area contributed by atoms with Crippen LogP contribution in [0.1, 0.15) is 12.5 Å². The maximum atomic E-state index is 12.6. The average Bonchev–Trinajstić information content (AvgIpc) is 2.78. The standard InChI is InChI=1S/C14H17N3O3.ClH/c1-9(11-7-15-8-11)14(18)16-5-4-10-2-3-12(17(19)20)6-13(10)16;/h2-3,6,9,11,15H,4-5,7-8H2,1H3;1H. The molecule has 1 saturated heterocycles. The molecule has 1 amide bonds. The number of carbonyl (C=O) groups is 1. The predicted octanol–water partition coefficient (Wildman–Crippen LogP) is 1.76. The van der Waals surface area contributed by atoms with E-state index < -0.39 is 4.92 Å². The van der Waals surface area contributed by atoms with E-state index in [1.807, 2.05) is 6.92 Å². The van der Waals surface area contributed by atoms with Gasteiger partial charge in [-0.15, -0.1) is 12.4 Å². The Bertz CT molecular complexity index is 575. The van der Waals surface area contributed by atoms with Crippen LogP contribution in [0.25, 0.3) is 0 Å². The van der Waals surface area contributed by atoms with Crippen molar-refractivity contribution in [1.29, 1.82) is 0 Å². The number of hydrogen-bond donors (Lipinski definition) is 1. The number of anilines is 1. The van der Waals surface area contributed by atoms with Gasteiger partial charge in [-0.25, -0.2) is 0 Å². The summed E-state index contributed by atoms with van der Waals surface area (Å²) in [5, 5.41) is 14.0. The summed E-state index contributed by atoms with van der Waals surface area (Å²) < 4.78 is 0. The SMILES string of the molecule is CC(C(=O)N1CCc2ccc([N+](=O)[O-])cc21)C1CNC1.Cl. The van der Waals surface area contributed by atoms with Crippen molar-refractivity contribution in [3.8, 4) is 0 Å². The maximum Gasteiger partial charge on any atom is 0.271 e. The summed E-state index contributed by atoms with van der Waals surface area (Å²) in [6.45, 7) is 4.33. The third-order valence-corrected chi connectivity index (χ3v) is 4.35. The molecule has 1 N–H and O–H groups in total. The van der Waals surface area contributed by atoms with Gasteiger partial charge in [-0.05, 0) is 31.0 Å². The highest BCUT2D eigenvalue weighted by Gasteiger charge is 2.35. The van der Waals surface area contributed by atoms with Gasteiger partial charge >= 0.3 is 0 Å². The Morgan fingerprint density at radius 1 is 1.48 bits per heavy atom. The summed E-state index contributed by atoms with van der Waals surface area (Å²) in [4.78, 5) is 24.7. The van der Waals surface area contributed by atoms with Crippen molar-refractivity contribution in [1.82, 2.24) is 5.32 Å². The van der Waals surface area contributed by atoms with E-state index in [2.05, 4.69) is 5.32 Å². The maximum absolute atomic E-state index is 12.6. The molecule has 0 bridgehead atoms. The summed E-state index contributed by atoms with van der Waals surface area (Å²) in [5.41, 5.74) is 1.77. The van der Waals surface area contributed by atoms with E-state index >= 15 is 0 Å². The quantitative estimate of drug-likeness (QED) is 0.682. The fraction of sp³-hybridized carbons (Fsp3) is 0.500. The largest absolute Gasteiger partial charge is 0.316 e. The number of amides is 1. The molecule has 0 aliphatic carbocycles. The minimum absolute atomic E-state index is 0. The molecule has 2 aliphatic heterocycles. The van der Waals surface area contributed by atoms with Crippen LogP contribution in [0.4, 0.5) is 11.4 Å². The van der Waals surface area contributed by atoms with Crippen LogP contribution in [0.2, 0.25) is 0 Å². The number of nitro benzene ring substituents is 1. The molecule has 7 heteroatoms. The van der Waals surface area contributed by atoms with Gasteiger partial charge in [0.25, 0.3) is 5.69 Å². The molecule has 1 aromatic rings. The molecule has 0 aromatic heterocycles. The van der Waals surface area contributed by atoms with Crippen LogP contribution in [0, 0.1) is 22.0 Å². The van der Waals surface area contributed by atoms with Gasteiger partial charge in [-0.2, -0.15) is 0 Å². The summed E-state index contributed by atoms with van der Waals surface area (Å²) in [6, 6.07) is 4.79. The molecule has 3 rings (SSSR count). The van der Waals surface area contributed by atoms with E-state index in [9.17, 15) is 14.9 Å². The van der Waals surface area contributed by atoms with Crippen molar-refractivity contribution < 1.29 is 9.72 Å². The zero-order valence-corrected chi connectivity index (χ0v) is 12.6. The number of nitrogens with one attached hydrogen (secondary N) is 1. The Balaban J connectivity index is 0.00000161. The van der Waals surface area contributed by atoms with Crippen LogP contribution >= 0.6 is 12.4 Å². The number of nitrogens with zero attached hydrogens (tertiary/aromatic N) is 2. The van der Waals surface area contributed by atoms with E-state index in [1.165, 1.54) is 12.1 Å². The van der Waals surface area contributed by atoms with Gasteiger partial charge in [-0.1, -0.05) is 13.0 Å². The topological polar surface area (TPSA) is 75.5 Å². The van der Waals surface area contributed by atoms with Gasteiger partial charge in [0.1, 0.15) is 0 Å². The van der Waals surface area contributed by atoms with Crippen LogP contribution in [0.3, 0.4) is 0 Å². The van der Waals surface area contributed by atoms with Crippen LogP contribution in [0.15, 0.2) is 18.2 Å². The lowest BCUT2D eigenvalue weighted by atomic mass is 9.88. The molecular weight excluding hydrogens is 294 g/mol. The Hall–Kier alpha value is -1.66. The summed E-state index contributed by atoms with van der Waals surface area (Å²) in [7, 11) is 0. The zero-order valence-electron chi connectivity index (χ0n) is 11.7. The fourth-order valence-corrected chi connectivity index (χ4v) is 2.82. The van der Waals surface area contributed by atoms with Crippen molar-refractivity contribution in [3.05, 3.63) is 33.9 Å². The van der Waals surface area contributed by atoms with E-state index in [4.69, 9.17) is 0 Å². The second-order valence-electron chi connectivity index (χ2n) is 5.52. The first-order chi connectivity index (χ1) is 9.58. The molecule has 1 atom stereocenters. The number of hydrogen-bond acceptors (Lipinski definition) is 4. The first kappa shape index (κ1) is 15.7. The summed E-state index contributed by atoms with van der Waals surface area (Å²) in [6.07, 6.45) is 0.773. The van der Waals surface area contributed by atoms with Crippen molar-refractivity contribution in [2.45, 2.75) is 13.3 Å². The third kappa shape index (κ3) is 2.73. The highest BCUT2D eigenvalue weighted by molar-refractivity contribution is 5.97. The zero-order chi connectivity index (χ0) is 14.3. The van der Waals surface area contributed by atoms with Gasteiger partial charge in [0.2, 0.25) is 5.91 Å². The number of fused-ring (bicyclic) bond motifs is 1. The monoisotopic (exact) mass is 311 g/mol. The first-order valence-electron chi connectivity index (χ1n) is 6.87. The van der Waals surface area contributed by atoms with Gasteiger partial charge in [-0.3, -0.25) is 14.9 Å². The molecule has 1 aromatic carbocycles. The van der Waals surface area contributed by atoms with E-state index in [0.29, 0.717) is 18.2 Å². The summed E-state index contributed by atoms with van der Waals surface area (Å²) in [5.74, 6) is 0.419. The van der Waals surface area contributed by atoms with E-state index in [1.54, 1.807) is 11.0 Å². The molecule has 21 heavy (non-hydrogen) atoms.